The zero-order valence-electron chi connectivity index (χ0n) is 18.5. The van der Waals surface area contributed by atoms with Gasteiger partial charge >= 0.3 is 5.97 Å². The summed E-state index contributed by atoms with van der Waals surface area (Å²) in [6.07, 6.45) is 4.98. The Kier molecular flexibility index (Phi) is 6.56. The van der Waals surface area contributed by atoms with E-state index in [1.165, 1.54) is 16.0 Å². The molecule has 2 heterocycles. The van der Waals surface area contributed by atoms with Gasteiger partial charge in [-0.1, -0.05) is 24.6 Å². The first-order chi connectivity index (χ1) is 15.9. The van der Waals surface area contributed by atoms with E-state index in [2.05, 4.69) is 16.5 Å². The van der Waals surface area contributed by atoms with Gasteiger partial charge in [0.05, 0.1) is 17.0 Å². The van der Waals surface area contributed by atoms with Crippen molar-refractivity contribution in [1.82, 2.24) is 9.78 Å². The summed E-state index contributed by atoms with van der Waals surface area (Å²) in [4.78, 5) is 39.1. The number of ether oxygens (including phenoxy) is 1. The smallest absolute Gasteiger partial charge is 0.359 e. The topological polar surface area (TPSA) is 114 Å². The van der Waals surface area contributed by atoms with Gasteiger partial charge in [-0.3, -0.25) is 9.59 Å². The second kappa shape index (κ2) is 9.55. The molecule has 1 aliphatic carbocycles. The van der Waals surface area contributed by atoms with Crippen LogP contribution in [0.5, 0.6) is 0 Å². The number of esters is 1. The van der Waals surface area contributed by atoms with Crippen LogP contribution in [-0.2, 0) is 22.4 Å². The van der Waals surface area contributed by atoms with Crippen LogP contribution in [0.3, 0.4) is 0 Å². The molecule has 0 atom stereocenters. The van der Waals surface area contributed by atoms with Crippen molar-refractivity contribution in [2.24, 2.45) is 0 Å². The molecule has 0 aliphatic heterocycles. The summed E-state index contributed by atoms with van der Waals surface area (Å²) in [5, 5.41) is 17.8. The summed E-state index contributed by atoms with van der Waals surface area (Å²) < 4.78 is 6.47. The largest absolute Gasteiger partial charge is 0.451 e. The number of carbonyl (C=O) groups excluding carboxylic acids is 2. The summed E-state index contributed by atoms with van der Waals surface area (Å²) >= 11 is 1.42. The Labute approximate surface area is 194 Å². The van der Waals surface area contributed by atoms with E-state index in [9.17, 15) is 19.6 Å². The van der Waals surface area contributed by atoms with Crippen LogP contribution in [0.25, 0.3) is 10.8 Å². The van der Waals surface area contributed by atoms with E-state index in [1.54, 1.807) is 38.1 Å². The molecule has 8 nitrogen and oxygen atoms in total. The fraction of sp³-hybridized carbons (Fsp3) is 0.375. The van der Waals surface area contributed by atoms with Gasteiger partial charge in [0.1, 0.15) is 11.1 Å². The molecule has 1 aromatic carbocycles. The molecule has 0 spiro atoms. The summed E-state index contributed by atoms with van der Waals surface area (Å²) in [5.41, 5.74) is 1.22. The molecular formula is C24H24N4O4S. The van der Waals surface area contributed by atoms with Crippen LogP contribution in [0, 0.1) is 11.3 Å². The van der Waals surface area contributed by atoms with Crippen molar-refractivity contribution < 1.29 is 14.3 Å². The highest BCUT2D eigenvalue weighted by Gasteiger charge is 2.23. The molecular weight excluding hydrogens is 440 g/mol. The van der Waals surface area contributed by atoms with E-state index in [-0.39, 0.29) is 17.3 Å². The van der Waals surface area contributed by atoms with Gasteiger partial charge in [-0.2, -0.15) is 10.4 Å². The van der Waals surface area contributed by atoms with Gasteiger partial charge in [0.2, 0.25) is 0 Å². The first kappa shape index (κ1) is 22.7. The molecule has 9 heteroatoms. The first-order valence-electron chi connectivity index (χ1n) is 10.9. The molecule has 0 saturated heterocycles. The van der Waals surface area contributed by atoms with Gasteiger partial charge in [0, 0.05) is 10.3 Å². The van der Waals surface area contributed by atoms with Gasteiger partial charge in [0.25, 0.3) is 11.5 Å². The molecule has 1 aliphatic rings. The number of aryl methyl sites for hydroxylation is 1. The highest BCUT2D eigenvalue weighted by Crippen LogP contribution is 2.36. The molecule has 2 aromatic heterocycles. The maximum absolute atomic E-state index is 12.8. The van der Waals surface area contributed by atoms with Gasteiger partial charge < -0.3 is 10.1 Å². The monoisotopic (exact) mass is 464 g/mol. The predicted molar refractivity (Wildman–Crippen MR) is 126 cm³/mol. The first-order valence-corrected chi connectivity index (χ1v) is 11.8. The van der Waals surface area contributed by atoms with Crippen molar-refractivity contribution in [3.8, 4) is 6.07 Å². The summed E-state index contributed by atoms with van der Waals surface area (Å²) in [7, 11) is 0. The van der Waals surface area contributed by atoms with E-state index in [4.69, 9.17) is 4.74 Å². The maximum Gasteiger partial charge on any atom is 0.359 e. The molecule has 4 rings (SSSR count). The number of fused-ring (bicyclic) bond motifs is 2. The Balaban J connectivity index is 1.52. The number of nitriles is 1. The van der Waals surface area contributed by atoms with Crippen molar-refractivity contribution in [2.75, 3.05) is 11.9 Å². The van der Waals surface area contributed by atoms with Crippen LogP contribution in [0.1, 0.15) is 65.6 Å². The lowest BCUT2D eigenvalue weighted by Crippen LogP contribution is -2.28. The molecule has 1 N–H and O–H groups in total. The second-order valence-corrected chi connectivity index (χ2v) is 9.35. The third kappa shape index (κ3) is 4.52. The molecule has 33 heavy (non-hydrogen) atoms. The Morgan fingerprint density at radius 2 is 1.94 bits per heavy atom. The number of hydrogen-bond donors (Lipinski definition) is 1. The summed E-state index contributed by atoms with van der Waals surface area (Å²) in [6.45, 7) is 3.06. The van der Waals surface area contributed by atoms with Crippen molar-refractivity contribution >= 4 is 39.0 Å². The number of anilines is 1. The van der Waals surface area contributed by atoms with Crippen molar-refractivity contribution in [3.63, 3.8) is 0 Å². The quantitative estimate of drug-likeness (QED) is 0.451. The third-order valence-corrected chi connectivity index (χ3v) is 6.84. The van der Waals surface area contributed by atoms with Crippen LogP contribution in [0.2, 0.25) is 0 Å². The van der Waals surface area contributed by atoms with E-state index in [0.717, 1.165) is 42.5 Å². The lowest BCUT2D eigenvalue weighted by Gasteiger charge is -2.13. The Bertz CT molecular complexity index is 1330. The SMILES string of the molecule is CC(C)n1nc(C(=O)OCC(=O)Nc2sc3c(c2C#N)CCCCC3)c2ccccc2c1=O. The van der Waals surface area contributed by atoms with Crippen molar-refractivity contribution in [3.05, 3.63) is 56.3 Å². The second-order valence-electron chi connectivity index (χ2n) is 8.24. The fourth-order valence-electron chi connectivity index (χ4n) is 4.02. The van der Waals surface area contributed by atoms with Crippen LogP contribution in [-0.4, -0.2) is 28.3 Å². The van der Waals surface area contributed by atoms with Crippen LogP contribution < -0.4 is 10.9 Å². The minimum atomic E-state index is -0.793. The third-order valence-electron chi connectivity index (χ3n) is 5.63. The predicted octanol–water partition coefficient (Wildman–Crippen LogP) is 3.97. The Hall–Kier alpha value is -3.51. The van der Waals surface area contributed by atoms with E-state index >= 15 is 0 Å². The Morgan fingerprint density at radius 1 is 1.21 bits per heavy atom. The zero-order chi connectivity index (χ0) is 23.5. The highest BCUT2D eigenvalue weighted by atomic mass is 32.1. The standard InChI is InChI=1S/C24H24N4O4S/c1-14(2)28-23(30)17-10-7-6-9-16(17)21(27-28)24(31)32-13-20(29)26-22-18(12-25)15-8-4-3-5-11-19(15)33-22/h6-7,9-10,14H,3-5,8,11,13H2,1-2H3,(H,26,29). The van der Waals surface area contributed by atoms with Crippen LogP contribution in [0.15, 0.2) is 29.1 Å². The number of amides is 1. The molecule has 3 aromatic rings. The molecule has 0 bridgehead atoms. The normalized spacial score (nSPS) is 13.3. The average Bonchev–Trinajstić information content (AvgIpc) is 2.96. The number of aromatic nitrogens is 2. The number of rotatable bonds is 5. The number of hydrogen-bond acceptors (Lipinski definition) is 7. The molecule has 0 radical (unpaired) electrons. The summed E-state index contributed by atoms with van der Waals surface area (Å²) in [5.74, 6) is -1.32. The number of benzene rings is 1. The van der Waals surface area contributed by atoms with E-state index in [1.807, 2.05) is 0 Å². The number of nitrogens with one attached hydrogen (secondary N) is 1. The van der Waals surface area contributed by atoms with Gasteiger partial charge in [-0.25, -0.2) is 9.48 Å². The van der Waals surface area contributed by atoms with Gasteiger partial charge in [-0.15, -0.1) is 11.3 Å². The molecule has 0 unspecified atom stereocenters. The maximum atomic E-state index is 12.8. The molecule has 0 fully saturated rings. The zero-order valence-corrected chi connectivity index (χ0v) is 19.3. The highest BCUT2D eigenvalue weighted by molar-refractivity contribution is 7.16. The van der Waals surface area contributed by atoms with Gasteiger partial charge in [0.15, 0.2) is 12.3 Å². The van der Waals surface area contributed by atoms with Crippen LogP contribution >= 0.6 is 11.3 Å². The molecule has 0 saturated carbocycles. The fourth-order valence-corrected chi connectivity index (χ4v) is 5.27. The summed E-state index contributed by atoms with van der Waals surface area (Å²) in [6, 6.07) is 8.64. The van der Waals surface area contributed by atoms with Crippen LogP contribution in [0.4, 0.5) is 5.00 Å². The lowest BCUT2D eigenvalue weighted by atomic mass is 10.1. The number of nitrogens with zero attached hydrogens (tertiary/aromatic N) is 3. The van der Waals surface area contributed by atoms with Crippen molar-refractivity contribution in [1.29, 1.82) is 5.26 Å². The number of carbonyl (C=O) groups is 2. The minimum Gasteiger partial charge on any atom is -0.451 e. The number of thiophene rings is 1. The Morgan fingerprint density at radius 3 is 2.67 bits per heavy atom. The average molecular weight is 465 g/mol. The van der Waals surface area contributed by atoms with Gasteiger partial charge in [-0.05, 0) is 51.2 Å². The van der Waals surface area contributed by atoms with E-state index in [0.29, 0.717) is 21.3 Å². The molecule has 170 valence electrons. The minimum absolute atomic E-state index is 0.0211. The van der Waals surface area contributed by atoms with Crippen molar-refractivity contribution in [2.45, 2.75) is 52.0 Å². The lowest BCUT2D eigenvalue weighted by molar-refractivity contribution is -0.119. The van der Waals surface area contributed by atoms with E-state index < -0.39 is 18.5 Å². The molecule has 1 amide bonds.